The topological polar surface area (TPSA) is 62.2 Å². The van der Waals surface area contributed by atoms with Crippen LogP contribution in [0.4, 0.5) is 0 Å². The van der Waals surface area contributed by atoms with Crippen molar-refractivity contribution < 1.29 is 9.90 Å². The average Bonchev–Trinajstić information content (AvgIpc) is 2.47. The first-order valence-corrected chi connectivity index (χ1v) is 7.08. The van der Waals surface area contributed by atoms with Crippen LogP contribution in [0.3, 0.4) is 0 Å². The number of carboxylic acids is 1. The van der Waals surface area contributed by atoms with Crippen molar-refractivity contribution in [1.82, 2.24) is 10.3 Å². The van der Waals surface area contributed by atoms with Gasteiger partial charge in [0.2, 0.25) is 0 Å². The second kappa shape index (κ2) is 5.38. The molecule has 2 N–H and O–H groups in total. The molecule has 2 heterocycles. The Morgan fingerprint density at radius 2 is 2.00 bits per heavy atom. The van der Waals surface area contributed by atoms with Gasteiger partial charge in [-0.05, 0) is 44.1 Å². The van der Waals surface area contributed by atoms with Gasteiger partial charge in [0.05, 0.1) is 16.1 Å². The van der Waals surface area contributed by atoms with E-state index in [0.29, 0.717) is 16.8 Å². The molecule has 0 aliphatic carbocycles. The molecule has 0 unspecified atom stereocenters. The lowest BCUT2D eigenvalue weighted by atomic mass is 9.93. The maximum atomic E-state index is 11.3. The molecule has 2 aromatic rings. The number of carboxylic acid groups (broad SMARTS) is 1. The number of halogens is 1. The fraction of sp³-hybridized carbons (Fsp3) is 0.333. The summed E-state index contributed by atoms with van der Waals surface area (Å²) in [4.78, 5) is 15.9. The van der Waals surface area contributed by atoms with Crippen molar-refractivity contribution in [2.24, 2.45) is 0 Å². The van der Waals surface area contributed by atoms with Gasteiger partial charge in [0, 0.05) is 17.0 Å². The molecule has 1 aromatic carbocycles. The van der Waals surface area contributed by atoms with Crippen LogP contribution in [-0.4, -0.2) is 29.1 Å². The minimum atomic E-state index is -1.02. The Kier molecular flexibility index (Phi) is 3.59. The van der Waals surface area contributed by atoms with Gasteiger partial charge in [0.1, 0.15) is 0 Å². The standard InChI is InChI=1S/C15H15ClN2O2/c16-11-2-4-13-10(14(11)15(19)20)1-3-12(18-13)9-5-7-17-8-6-9/h1-4,9,17H,5-8H2,(H,19,20). The fourth-order valence-corrected chi connectivity index (χ4v) is 3.00. The van der Waals surface area contributed by atoms with Crippen LogP contribution in [0.25, 0.3) is 10.9 Å². The van der Waals surface area contributed by atoms with Crippen molar-refractivity contribution in [2.75, 3.05) is 13.1 Å². The van der Waals surface area contributed by atoms with E-state index in [-0.39, 0.29) is 10.6 Å². The number of fused-ring (bicyclic) bond motifs is 1. The number of aromatic carboxylic acids is 1. The number of pyridine rings is 1. The zero-order valence-electron chi connectivity index (χ0n) is 10.9. The Balaban J connectivity index is 2.08. The summed E-state index contributed by atoms with van der Waals surface area (Å²) in [7, 11) is 0. The summed E-state index contributed by atoms with van der Waals surface area (Å²) in [6.45, 7) is 2.01. The van der Waals surface area contributed by atoms with Crippen LogP contribution in [0.15, 0.2) is 24.3 Å². The van der Waals surface area contributed by atoms with Gasteiger partial charge in [-0.2, -0.15) is 0 Å². The van der Waals surface area contributed by atoms with Gasteiger partial charge in [-0.1, -0.05) is 17.7 Å². The number of hydrogen-bond acceptors (Lipinski definition) is 3. The Bertz CT molecular complexity index is 666. The van der Waals surface area contributed by atoms with E-state index < -0.39 is 5.97 Å². The molecule has 5 heteroatoms. The third kappa shape index (κ3) is 2.37. The first-order valence-electron chi connectivity index (χ1n) is 6.70. The van der Waals surface area contributed by atoms with E-state index in [2.05, 4.69) is 10.3 Å². The van der Waals surface area contributed by atoms with Crippen molar-refractivity contribution in [2.45, 2.75) is 18.8 Å². The summed E-state index contributed by atoms with van der Waals surface area (Å²) >= 11 is 5.97. The summed E-state index contributed by atoms with van der Waals surface area (Å²) in [6.07, 6.45) is 2.13. The van der Waals surface area contributed by atoms with E-state index in [1.165, 1.54) is 0 Å². The highest BCUT2D eigenvalue weighted by molar-refractivity contribution is 6.35. The number of nitrogens with one attached hydrogen (secondary N) is 1. The van der Waals surface area contributed by atoms with Crippen molar-refractivity contribution >= 4 is 28.5 Å². The fourth-order valence-electron chi connectivity index (χ4n) is 2.76. The highest BCUT2D eigenvalue weighted by Gasteiger charge is 2.19. The van der Waals surface area contributed by atoms with Gasteiger partial charge in [-0.25, -0.2) is 4.79 Å². The van der Waals surface area contributed by atoms with Gasteiger partial charge >= 0.3 is 5.97 Å². The Hall–Kier alpha value is -1.65. The molecule has 3 rings (SSSR count). The maximum absolute atomic E-state index is 11.3. The van der Waals surface area contributed by atoms with Crippen LogP contribution in [0.2, 0.25) is 5.02 Å². The molecular formula is C15H15ClN2O2. The first kappa shape index (κ1) is 13.3. The van der Waals surface area contributed by atoms with E-state index in [4.69, 9.17) is 11.6 Å². The number of benzene rings is 1. The quantitative estimate of drug-likeness (QED) is 0.892. The maximum Gasteiger partial charge on any atom is 0.337 e. The number of piperidine rings is 1. The van der Waals surface area contributed by atoms with Crippen LogP contribution in [0.1, 0.15) is 34.8 Å². The smallest absolute Gasteiger partial charge is 0.337 e. The number of carbonyl (C=O) groups is 1. The Labute approximate surface area is 121 Å². The largest absolute Gasteiger partial charge is 0.478 e. The molecule has 1 saturated heterocycles. The lowest BCUT2D eigenvalue weighted by Crippen LogP contribution is -2.27. The van der Waals surface area contributed by atoms with Crippen LogP contribution in [0, 0.1) is 0 Å². The van der Waals surface area contributed by atoms with Crippen LogP contribution in [-0.2, 0) is 0 Å². The van der Waals surface area contributed by atoms with Gasteiger partial charge in [0.15, 0.2) is 0 Å². The van der Waals surface area contributed by atoms with E-state index in [0.717, 1.165) is 31.6 Å². The Morgan fingerprint density at radius 1 is 1.25 bits per heavy atom. The summed E-state index contributed by atoms with van der Waals surface area (Å²) in [5.74, 6) is -0.568. The molecule has 1 fully saturated rings. The van der Waals surface area contributed by atoms with Crippen LogP contribution in [0.5, 0.6) is 0 Å². The molecule has 0 bridgehead atoms. The molecule has 0 saturated carbocycles. The predicted octanol–water partition coefficient (Wildman–Crippen LogP) is 3.05. The molecule has 20 heavy (non-hydrogen) atoms. The van der Waals surface area contributed by atoms with Gasteiger partial charge in [-0.3, -0.25) is 4.98 Å². The van der Waals surface area contributed by atoms with Crippen molar-refractivity contribution in [1.29, 1.82) is 0 Å². The predicted molar refractivity (Wildman–Crippen MR) is 78.6 cm³/mol. The molecule has 0 atom stereocenters. The highest BCUT2D eigenvalue weighted by Crippen LogP contribution is 2.29. The van der Waals surface area contributed by atoms with E-state index in [9.17, 15) is 9.90 Å². The van der Waals surface area contributed by atoms with Crippen LogP contribution >= 0.6 is 11.6 Å². The number of hydrogen-bond donors (Lipinski definition) is 2. The van der Waals surface area contributed by atoms with Crippen molar-refractivity contribution in [3.63, 3.8) is 0 Å². The SMILES string of the molecule is O=C(O)c1c(Cl)ccc2nc(C3CCNCC3)ccc12. The summed E-state index contributed by atoms with van der Waals surface area (Å²) < 4.78 is 0. The molecule has 1 aromatic heterocycles. The molecule has 104 valence electrons. The number of rotatable bonds is 2. The van der Waals surface area contributed by atoms with E-state index in [1.807, 2.05) is 12.1 Å². The van der Waals surface area contributed by atoms with Gasteiger partial charge in [0.25, 0.3) is 0 Å². The van der Waals surface area contributed by atoms with E-state index >= 15 is 0 Å². The zero-order chi connectivity index (χ0) is 14.1. The van der Waals surface area contributed by atoms with E-state index in [1.54, 1.807) is 12.1 Å². The number of nitrogens with zero attached hydrogens (tertiary/aromatic N) is 1. The normalized spacial score (nSPS) is 16.4. The molecule has 4 nitrogen and oxygen atoms in total. The third-order valence-corrected chi connectivity index (χ3v) is 4.13. The molecule has 1 aliphatic heterocycles. The average molecular weight is 291 g/mol. The van der Waals surface area contributed by atoms with Crippen molar-refractivity contribution in [3.8, 4) is 0 Å². The monoisotopic (exact) mass is 290 g/mol. The molecule has 0 amide bonds. The second-order valence-electron chi connectivity index (χ2n) is 5.05. The molecule has 1 aliphatic rings. The zero-order valence-corrected chi connectivity index (χ0v) is 11.7. The second-order valence-corrected chi connectivity index (χ2v) is 5.46. The van der Waals surface area contributed by atoms with Crippen molar-refractivity contribution in [3.05, 3.63) is 40.5 Å². The number of aromatic nitrogens is 1. The van der Waals surface area contributed by atoms with Gasteiger partial charge in [-0.15, -0.1) is 0 Å². The summed E-state index contributed by atoms with van der Waals surface area (Å²) in [5.41, 5.74) is 1.87. The minimum absolute atomic E-state index is 0.133. The summed E-state index contributed by atoms with van der Waals surface area (Å²) in [5, 5.41) is 13.4. The molecular weight excluding hydrogens is 276 g/mol. The highest BCUT2D eigenvalue weighted by atomic mass is 35.5. The first-order chi connectivity index (χ1) is 9.66. The molecule has 0 spiro atoms. The minimum Gasteiger partial charge on any atom is -0.478 e. The Morgan fingerprint density at radius 3 is 2.70 bits per heavy atom. The lowest BCUT2D eigenvalue weighted by molar-refractivity contribution is 0.0699. The third-order valence-electron chi connectivity index (χ3n) is 3.81. The van der Waals surface area contributed by atoms with Gasteiger partial charge < -0.3 is 10.4 Å². The molecule has 0 radical (unpaired) electrons. The van der Waals surface area contributed by atoms with Crippen LogP contribution < -0.4 is 5.32 Å². The lowest BCUT2D eigenvalue weighted by Gasteiger charge is -2.22. The summed E-state index contributed by atoms with van der Waals surface area (Å²) in [6, 6.07) is 7.15.